The third-order valence-electron chi connectivity index (χ3n) is 3.02. The Balaban J connectivity index is 1.87. The number of para-hydroxylation sites is 1. The molecule has 0 aliphatic rings. The van der Waals surface area contributed by atoms with Crippen molar-refractivity contribution in [2.45, 2.75) is 6.42 Å². The van der Waals surface area contributed by atoms with Crippen molar-refractivity contribution in [1.29, 1.82) is 0 Å². The number of carboxylic acids is 1. The largest absolute Gasteiger partial charge is 0.492 e. The van der Waals surface area contributed by atoms with Crippen LogP contribution in [0.3, 0.4) is 0 Å². The summed E-state index contributed by atoms with van der Waals surface area (Å²) >= 11 is 17.9. The number of halogens is 3. The third kappa shape index (κ3) is 4.93. The molecular weight excluding hydrogens is 361 g/mol. The Morgan fingerprint density at radius 1 is 1.13 bits per heavy atom. The molecule has 23 heavy (non-hydrogen) atoms. The van der Waals surface area contributed by atoms with Crippen LogP contribution < -0.4 is 10.1 Å². The third-order valence-corrected chi connectivity index (χ3v) is 3.88. The Labute approximate surface area is 148 Å². The summed E-state index contributed by atoms with van der Waals surface area (Å²) in [5.74, 6) is -0.514. The molecule has 0 aliphatic carbocycles. The van der Waals surface area contributed by atoms with Crippen molar-refractivity contribution in [1.82, 2.24) is 0 Å². The number of carbonyl (C=O) groups is 1. The lowest BCUT2D eigenvalue weighted by Gasteiger charge is -2.12. The number of hydrogen-bond acceptors (Lipinski definition) is 3. The highest BCUT2D eigenvalue weighted by atomic mass is 35.5. The van der Waals surface area contributed by atoms with E-state index in [2.05, 4.69) is 5.32 Å². The van der Waals surface area contributed by atoms with Crippen LogP contribution in [0.2, 0.25) is 15.1 Å². The van der Waals surface area contributed by atoms with Crippen LogP contribution in [0.4, 0.5) is 5.69 Å². The highest BCUT2D eigenvalue weighted by Gasteiger charge is 2.12. The van der Waals surface area contributed by atoms with E-state index in [1.807, 2.05) is 0 Å². The number of carboxylic acid groups (broad SMARTS) is 1. The average Bonchev–Trinajstić information content (AvgIpc) is 2.51. The molecule has 0 atom stereocenters. The van der Waals surface area contributed by atoms with E-state index in [0.29, 0.717) is 46.1 Å². The molecule has 0 fully saturated rings. The quantitative estimate of drug-likeness (QED) is 0.652. The molecule has 7 heteroatoms. The molecule has 2 aromatic rings. The summed E-state index contributed by atoms with van der Waals surface area (Å²) in [5.41, 5.74) is 0.541. The summed E-state index contributed by atoms with van der Waals surface area (Å²) in [5, 5.41) is 13.6. The van der Waals surface area contributed by atoms with Gasteiger partial charge in [-0.15, -0.1) is 0 Å². The first kappa shape index (κ1) is 17.7. The van der Waals surface area contributed by atoms with Gasteiger partial charge >= 0.3 is 5.97 Å². The monoisotopic (exact) mass is 373 g/mol. The smallest absolute Gasteiger partial charge is 0.337 e. The van der Waals surface area contributed by atoms with Gasteiger partial charge in [-0.05, 0) is 30.7 Å². The van der Waals surface area contributed by atoms with E-state index in [1.165, 1.54) is 6.07 Å². The summed E-state index contributed by atoms with van der Waals surface area (Å²) in [6, 6.07) is 9.73. The molecule has 4 nitrogen and oxygen atoms in total. The number of anilines is 1. The van der Waals surface area contributed by atoms with Crippen LogP contribution in [0, 0.1) is 0 Å². The molecule has 0 saturated carbocycles. The number of aromatic carboxylic acids is 1. The number of ether oxygens (including phenoxy) is 1. The molecule has 2 N–H and O–H groups in total. The molecule has 122 valence electrons. The predicted octanol–water partition coefficient (Wildman–Crippen LogP) is 5.23. The van der Waals surface area contributed by atoms with Crippen molar-refractivity contribution in [3.63, 3.8) is 0 Å². The van der Waals surface area contributed by atoms with Gasteiger partial charge in [0, 0.05) is 17.6 Å². The van der Waals surface area contributed by atoms with Crippen LogP contribution in [0.5, 0.6) is 5.75 Å². The second-order valence-electron chi connectivity index (χ2n) is 4.67. The first-order valence-electron chi connectivity index (χ1n) is 6.82. The van der Waals surface area contributed by atoms with Crippen LogP contribution in [-0.4, -0.2) is 24.2 Å². The molecule has 2 rings (SSSR count). The fraction of sp³-hybridized carbons (Fsp3) is 0.188. The topological polar surface area (TPSA) is 58.6 Å². The van der Waals surface area contributed by atoms with Gasteiger partial charge in [-0.25, -0.2) is 4.79 Å². The van der Waals surface area contributed by atoms with Gasteiger partial charge in [-0.3, -0.25) is 0 Å². The molecule has 0 aromatic heterocycles. The molecule has 0 amide bonds. The predicted molar refractivity (Wildman–Crippen MR) is 93.5 cm³/mol. The lowest BCUT2D eigenvalue weighted by Crippen LogP contribution is -2.11. The van der Waals surface area contributed by atoms with E-state index in [0.717, 1.165) is 0 Å². The normalized spacial score (nSPS) is 10.4. The molecule has 2 aromatic carbocycles. The minimum absolute atomic E-state index is 0.135. The maximum Gasteiger partial charge on any atom is 0.337 e. The van der Waals surface area contributed by atoms with Crippen LogP contribution in [0.15, 0.2) is 36.4 Å². The fourth-order valence-corrected chi connectivity index (χ4v) is 2.51. The molecule has 0 radical (unpaired) electrons. The molecule has 0 aliphatic heterocycles. The van der Waals surface area contributed by atoms with E-state index in [-0.39, 0.29) is 5.56 Å². The Morgan fingerprint density at radius 2 is 1.91 bits per heavy atom. The van der Waals surface area contributed by atoms with Gasteiger partial charge < -0.3 is 15.2 Å². The van der Waals surface area contributed by atoms with Crippen molar-refractivity contribution >= 4 is 46.5 Å². The Morgan fingerprint density at radius 3 is 2.65 bits per heavy atom. The summed E-state index contributed by atoms with van der Waals surface area (Å²) in [6.45, 7) is 0.905. The van der Waals surface area contributed by atoms with Gasteiger partial charge in [-0.1, -0.05) is 40.9 Å². The van der Waals surface area contributed by atoms with Crippen molar-refractivity contribution in [2.24, 2.45) is 0 Å². The molecule has 0 spiro atoms. The fourth-order valence-electron chi connectivity index (χ4n) is 1.94. The average molecular weight is 375 g/mol. The van der Waals surface area contributed by atoms with E-state index in [1.54, 1.807) is 30.3 Å². The Bertz CT molecular complexity index is 707. The van der Waals surface area contributed by atoms with Crippen LogP contribution in [-0.2, 0) is 0 Å². The van der Waals surface area contributed by atoms with E-state index in [4.69, 9.17) is 44.6 Å². The lowest BCUT2D eigenvalue weighted by atomic mass is 10.1. The number of rotatable bonds is 7. The zero-order valence-electron chi connectivity index (χ0n) is 12.0. The van der Waals surface area contributed by atoms with Gasteiger partial charge in [0.1, 0.15) is 5.75 Å². The zero-order valence-corrected chi connectivity index (χ0v) is 14.3. The minimum atomic E-state index is -1.03. The summed E-state index contributed by atoms with van der Waals surface area (Å²) < 4.78 is 5.56. The standard InChI is InChI=1S/C16H14Cl3NO3/c17-10-5-6-12(18)14(9-10)23-8-2-7-20-15-11(16(21)22)3-1-4-13(15)19/h1,3-6,9,20H,2,7-8H2,(H,21,22). The Hall–Kier alpha value is -1.62. The van der Waals surface area contributed by atoms with Gasteiger partial charge in [-0.2, -0.15) is 0 Å². The Kier molecular flexibility index (Phi) is 6.39. The van der Waals surface area contributed by atoms with E-state index < -0.39 is 5.97 Å². The van der Waals surface area contributed by atoms with Crippen molar-refractivity contribution < 1.29 is 14.6 Å². The summed E-state index contributed by atoms with van der Waals surface area (Å²) in [7, 11) is 0. The van der Waals surface area contributed by atoms with Gasteiger partial charge in [0.15, 0.2) is 0 Å². The second-order valence-corrected chi connectivity index (χ2v) is 5.92. The van der Waals surface area contributed by atoms with Gasteiger partial charge in [0.05, 0.1) is 27.9 Å². The summed E-state index contributed by atoms with van der Waals surface area (Å²) in [6.07, 6.45) is 0.632. The second kappa shape index (κ2) is 8.29. The minimum Gasteiger partial charge on any atom is -0.492 e. The lowest BCUT2D eigenvalue weighted by molar-refractivity contribution is 0.0698. The summed E-state index contributed by atoms with van der Waals surface area (Å²) in [4.78, 5) is 11.2. The molecular formula is C16H14Cl3NO3. The zero-order chi connectivity index (χ0) is 16.8. The first-order valence-corrected chi connectivity index (χ1v) is 7.96. The molecule has 0 heterocycles. The van der Waals surface area contributed by atoms with Crippen molar-refractivity contribution in [2.75, 3.05) is 18.5 Å². The SMILES string of the molecule is O=C(O)c1cccc(Cl)c1NCCCOc1cc(Cl)ccc1Cl. The first-order chi connectivity index (χ1) is 11.0. The van der Waals surface area contributed by atoms with Crippen molar-refractivity contribution in [3.8, 4) is 5.75 Å². The molecule has 0 saturated heterocycles. The number of benzene rings is 2. The van der Waals surface area contributed by atoms with Crippen LogP contribution in [0.1, 0.15) is 16.8 Å². The van der Waals surface area contributed by atoms with E-state index >= 15 is 0 Å². The van der Waals surface area contributed by atoms with E-state index in [9.17, 15) is 4.79 Å². The maximum absolute atomic E-state index is 11.2. The maximum atomic E-state index is 11.2. The molecule has 0 bridgehead atoms. The molecule has 0 unspecified atom stereocenters. The van der Waals surface area contributed by atoms with Crippen LogP contribution >= 0.6 is 34.8 Å². The number of hydrogen-bond donors (Lipinski definition) is 2. The van der Waals surface area contributed by atoms with Gasteiger partial charge in [0.2, 0.25) is 0 Å². The highest BCUT2D eigenvalue weighted by molar-refractivity contribution is 6.34. The van der Waals surface area contributed by atoms with Gasteiger partial charge in [0.25, 0.3) is 0 Å². The highest BCUT2D eigenvalue weighted by Crippen LogP contribution is 2.28. The van der Waals surface area contributed by atoms with Crippen LogP contribution in [0.25, 0.3) is 0 Å². The number of nitrogens with one attached hydrogen (secondary N) is 1. The van der Waals surface area contributed by atoms with Crippen molar-refractivity contribution in [3.05, 3.63) is 57.0 Å².